The molecule has 0 spiro atoms. The molecule has 0 bridgehead atoms. The van der Waals surface area contributed by atoms with Crippen LogP contribution >= 0.6 is 0 Å². The average Bonchev–Trinajstić information content (AvgIpc) is 2.54. The summed E-state index contributed by atoms with van der Waals surface area (Å²) in [5.41, 5.74) is 1.10. The lowest BCUT2D eigenvalue weighted by Crippen LogP contribution is -2.39. The highest BCUT2D eigenvalue weighted by Gasteiger charge is 2.02. The number of carbonyl (C=O) groups is 1. The molecule has 22 heavy (non-hydrogen) atoms. The number of benzene rings is 1. The highest BCUT2D eigenvalue weighted by atomic mass is 16.5. The Labute approximate surface area is 132 Å². The van der Waals surface area contributed by atoms with Crippen LogP contribution in [0.3, 0.4) is 0 Å². The maximum Gasteiger partial charge on any atom is 0.222 e. The number of carbonyl (C=O) groups excluding carboxylic acids is 1. The molecule has 122 valence electrons. The van der Waals surface area contributed by atoms with E-state index in [1.807, 2.05) is 37.3 Å². The molecule has 3 N–H and O–H groups in total. The van der Waals surface area contributed by atoms with Gasteiger partial charge in [-0.05, 0) is 12.5 Å². The van der Waals surface area contributed by atoms with E-state index in [9.17, 15) is 4.79 Å². The summed E-state index contributed by atoms with van der Waals surface area (Å²) in [6.45, 7) is 5.04. The van der Waals surface area contributed by atoms with Crippen molar-refractivity contribution >= 4 is 11.9 Å². The molecular weight excluding hydrogens is 280 g/mol. The first-order chi connectivity index (χ1) is 10.8. The molecule has 0 heterocycles. The van der Waals surface area contributed by atoms with Crippen molar-refractivity contribution in [3.63, 3.8) is 0 Å². The molecule has 6 heteroatoms. The Morgan fingerprint density at radius 2 is 1.95 bits per heavy atom. The second-order valence-corrected chi connectivity index (χ2v) is 4.69. The maximum atomic E-state index is 11.8. The summed E-state index contributed by atoms with van der Waals surface area (Å²) in [5, 5.41) is 9.15. The Morgan fingerprint density at radius 1 is 1.18 bits per heavy atom. The molecule has 1 aromatic rings. The second-order valence-electron chi connectivity index (χ2n) is 4.69. The quantitative estimate of drug-likeness (QED) is 0.360. The van der Waals surface area contributed by atoms with Gasteiger partial charge in [-0.15, -0.1) is 0 Å². The standard InChI is InChI=1S/C16H26N4O2/c1-3-17-16(19-11-12-22-2)18-10-9-15(21)20-13-14-7-5-4-6-8-14/h4-8H,3,9-13H2,1-2H3,(H,20,21)(H2,17,18,19). The number of hydrogen-bond donors (Lipinski definition) is 3. The Hall–Kier alpha value is -2.08. The van der Waals surface area contributed by atoms with Crippen LogP contribution in [0.4, 0.5) is 0 Å². The molecule has 0 aliphatic heterocycles. The fourth-order valence-electron chi connectivity index (χ4n) is 1.77. The van der Waals surface area contributed by atoms with Gasteiger partial charge in [-0.3, -0.25) is 9.79 Å². The van der Waals surface area contributed by atoms with Crippen LogP contribution < -0.4 is 16.0 Å². The summed E-state index contributed by atoms with van der Waals surface area (Å²) in [5.74, 6) is 0.722. The van der Waals surface area contributed by atoms with Gasteiger partial charge in [0.1, 0.15) is 0 Å². The van der Waals surface area contributed by atoms with E-state index in [1.54, 1.807) is 7.11 Å². The minimum atomic E-state index is 0.0177. The molecule has 0 saturated carbocycles. The van der Waals surface area contributed by atoms with Crippen molar-refractivity contribution in [2.45, 2.75) is 19.9 Å². The topological polar surface area (TPSA) is 74.8 Å². The lowest BCUT2D eigenvalue weighted by molar-refractivity contribution is -0.121. The highest BCUT2D eigenvalue weighted by molar-refractivity contribution is 5.81. The van der Waals surface area contributed by atoms with Gasteiger partial charge < -0.3 is 20.7 Å². The number of nitrogens with one attached hydrogen (secondary N) is 3. The number of ether oxygens (including phenoxy) is 1. The number of guanidine groups is 1. The van der Waals surface area contributed by atoms with Crippen LogP contribution in [0.1, 0.15) is 18.9 Å². The van der Waals surface area contributed by atoms with Crippen molar-refractivity contribution in [2.24, 2.45) is 4.99 Å². The SMILES string of the molecule is CCNC(=NCCOC)NCCC(=O)NCc1ccccc1. The highest BCUT2D eigenvalue weighted by Crippen LogP contribution is 1.97. The third-order valence-corrected chi connectivity index (χ3v) is 2.89. The van der Waals surface area contributed by atoms with Crippen LogP contribution in [0.2, 0.25) is 0 Å². The molecule has 1 rings (SSSR count). The van der Waals surface area contributed by atoms with Crippen molar-refractivity contribution in [1.29, 1.82) is 0 Å². The summed E-state index contributed by atoms with van der Waals surface area (Å²) in [6, 6.07) is 9.86. The number of amides is 1. The molecule has 1 amide bonds. The first-order valence-electron chi connectivity index (χ1n) is 7.58. The Morgan fingerprint density at radius 3 is 2.64 bits per heavy atom. The smallest absolute Gasteiger partial charge is 0.222 e. The van der Waals surface area contributed by atoms with Gasteiger partial charge in [0.05, 0.1) is 13.2 Å². The largest absolute Gasteiger partial charge is 0.383 e. The lowest BCUT2D eigenvalue weighted by atomic mass is 10.2. The van der Waals surface area contributed by atoms with E-state index in [0.717, 1.165) is 12.1 Å². The average molecular weight is 306 g/mol. The van der Waals surface area contributed by atoms with Gasteiger partial charge >= 0.3 is 0 Å². The maximum absolute atomic E-state index is 11.8. The van der Waals surface area contributed by atoms with Gasteiger partial charge in [0, 0.05) is 33.2 Å². The van der Waals surface area contributed by atoms with E-state index in [-0.39, 0.29) is 5.91 Å². The van der Waals surface area contributed by atoms with Crippen molar-refractivity contribution in [2.75, 3.05) is 33.4 Å². The van der Waals surface area contributed by atoms with Crippen molar-refractivity contribution in [3.05, 3.63) is 35.9 Å². The van der Waals surface area contributed by atoms with Crippen LogP contribution in [0.5, 0.6) is 0 Å². The van der Waals surface area contributed by atoms with Crippen LogP contribution in [0.15, 0.2) is 35.3 Å². The summed E-state index contributed by atoms with van der Waals surface area (Å²) >= 11 is 0. The zero-order valence-electron chi connectivity index (χ0n) is 13.4. The van der Waals surface area contributed by atoms with Gasteiger partial charge in [0.2, 0.25) is 5.91 Å². The number of nitrogens with zero attached hydrogens (tertiary/aromatic N) is 1. The predicted octanol–water partition coefficient (Wildman–Crippen LogP) is 0.894. The van der Waals surface area contributed by atoms with Crippen molar-refractivity contribution in [1.82, 2.24) is 16.0 Å². The first-order valence-corrected chi connectivity index (χ1v) is 7.58. The fraction of sp³-hybridized carbons (Fsp3) is 0.500. The van der Waals surface area contributed by atoms with Gasteiger partial charge in [0.15, 0.2) is 5.96 Å². The number of methoxy groups -OCH3 is 1. The van der Waals surface area contributed by atoms with Gasteiger partial charge in [-0.2, -0.15) is 0 Å². The van der Waals surface area contributed by atoms with E-state index in [0.29, 0.717) is 38.6 Å². The Kier molecular flexibility index (Phi) is 9.45. The van der Waals surface area contributed by atoms with E-state index in [1.165, 1.54) is 0 Å². The van der Waals surface area contributed by atoms with Gasteiger partial charge in [-0.1, -0.05) is 30.3 Å². The fourth-order valence-corrected chi connectivity index (χ4v) is 1.77. The normalized spacial score (nSPS) is 11.1. The lowest BCUT2D eigenvalue weighted by Gasteiger charge is -2.11. The van der Waals surface area contributed by atoms with E-state index in [2.05, 4.69) is 20.9 Å². The van der Waals surface area contributed by atoms with Crippen LogP contribution in [-0.4, -0.2) is 45.2 Å². The molecule has 0 fully saturated rings. The van der Waals surface area contributed by atoms with E-state index in [4.69, 9.17) is 4.74 Å². The predicted molar refractivity (Wildman–Crippen MR) is 88.8 cm³/mol. The monoisotopic (exact) mass is 306 g/mol. The minimum Gasteiger partial charge on any atom is -0.383 e. The molecular formula is C16H26N4O2. The summed E-state index contributed by atoms with van der Waals surface area (Å²) < 4.78 is 4.96. The number of hydrogen-bond acceptors (Lipinski definition) is 3. The van der Waals surface area contributed by atoms with E-state index < -0.39 is 0 Å². The molecule has 1 aromatic carbocycles. The molecule has 0 aliphatic carbocycles. The van der Waals surface area contributed by atoms with Crippen LogP contribution in [0, 0.1) is 0 Å². The minimum absolute atomic E-state index is 0.0177. The Balaban J connectivity index is 2.23. The van der Waals surface area contributed by atoms with E-state index >= 15 is 0 Å². The Bertz CT molecular complexity index is 449. The number of rotatable bonds is 9. The van der Waals surface area contributed by atoms with Crippen LogP contribution in [-0.2, 0) is 16.1 Å². The van der Waals surface area contributed by atoms with Crippen molar-refractivity contribution in [3.8, 4) is 0 Å². The third-order valence-electron chi connectivity index (χ3n) is 2.89. The molecule has 0 aliphatic rings. The molecule has 0 atom stereocenters. The van der Waals surface area contributed by atoms with Crippen LogP contribution in [0.25, 0.3) is 0 Å². The molecule has 0 saturated heterocycles. The first kappa shape index (κ1) is 18.0. The molecule has 0 aromatic heterocycles. The number of aliphatic imine (C=N–C) groups is 1. The molecule has 6 nitrogen and oxygen atoms in total. The summed E-state index contributed by atoms with van der Waals surface area (Å²) in [4.78, 5) is 16.1. The third kappa shape index (κ3) is 8.26. The zero-order chi connectivity index (χ0) is 16.0. The molecule has 0 radical (unpaired) electrons. The summed E-state index contributed by atoms with van der Waals surface area (Å²) in [7, 11) is 1.65. The van der Waals surface area contributed by atoms with Gasteiger partial charge in [-0.25, -0.2) is 0 Å². The molecule has 0 unspecified atom stereocenters. The van der Waals surface area contributed by atoms with Crippen molar-refractivity contribution < 1.29 is 9.53 Å². The second kappa shape index (κ2) is 11.6. The summed E-state index contributed by atoms with van der Waals surface area (Å²) in [6.07, 6.45) is 0.404. The van der Waals surface area contributed by atoms with Gasteiger partial charge in [0.25, 0.3) is 0 Å². The zero-order valence-corrected chi connectivity index (χ0v) is 13.4.